The van der Waals surface area contributed by atoms with Gasteiger partial charge in [-0.3, -0.25) is 0 Å². The lowest BCUT2D eigenvalue weighted by atomic mass is 10.1. The third-order valence-electron chi connectivity index (χ3n) is 3.71. The standard InChI is InChI=1S/C18H15N3O3S/c1-2-15-16-9-8-13(11-19)10-17(16)24-18(15)12-20-21-25(22,23)14-6-4-3-5-7-14/h3-10,12,21H,2H2,1H3/b20-12+. The number of hydrazone groups is 1. The van der Waals surface area contributed by atoms with E-state index in [4.69, 9.17) is 9.68 Å². The average molecular weight is 353 g/mol. The van der Waals surface area contributed by atoms with Crippen LogP contribution in [0, 0.1) is 11.3 Å². The number of nitrogens with zero attached hydrogens (tertiary/aromatic N) is 2. The van der Waals surface area contributed by atoms with Crippen molar-refractivity contribution in [2.75, 3.05) is 0 Å². The highest BCUT2D eigenvalue weighted by Gasteiger charge is 2.14. The minimum atomic E-state index is -3.72. The lowest BCUT2D eigenvalue weighted by molar-refractivity contribution is 0.583. The number of nitrogens with one attached hydrogen (secondary N) is 1. The van der Waals surface area contributed by atoms with Crippen molar-refractivity contribution >= 4 is 27.2 Å². The van der Waals surface area contributed by atoms with Gasteiger partial charge in [-0.15, -0.1) is 0 Å². The summed E-state index contributed by atoms with van der Waals surface area (Å²) in [6, 6.07) is 15.2. The highest BCUT2D eigenvalue weighted by molar-refractivity contribution is 7.89. The van der Waals surface area contributed by atoms with Crippen LogP contribution >= 0.6 is 0 Å². The summed E-state index contributed by atoms with van der Waals surface area (Å²) in [7, 11) is -3.72. The van der Waals surface area contributed by atoms with Crippen molar-refractivity contribution in [2.45, 2.75) is 18.2 Å². The van der Waals surface area contributed by atoms with Crippen LogP contribution in [0.25, 0.3) is 11.0 Å². The summed E-state index contributed by atoms with van der Waals surface area (Å²) in [5, 5.41) is 13.7. The van der Waals surface area contributed by atoms with Crippen LogP contribution < -0.4 is 4.83 Å². The molecule has 0 unspecified atom stereocenters. The van der Waals surface area contributed by atoms with E-state index in [1.165, 1.54) is 18.3 Å². The molecule has 126 valence electrons. The third kappa shape index (κ3) is 3.39. The number of benzene rings is 2. The molecule has 3 aromatic rings. The molecule has 2 aromatic carbocycles. The summed E-state index contributed by atoms with van der Waals surface area (Å²) in [4.78, 5) is 2.30. The average Bonchev–Trinajstić information content (AvgIpc) is 2.98. The van der Waals surface area contributed by atoms with Gasteiger partial charge in [-0.2, -0.15) is 23.6 Å². The molecule has 1 heterocycles. The molecule has 3 rings (SSSR count). The molecule has 0 aliphatic rings. The van der Waals surface area contributed by atoms with E-state index in [2.05, 4.69) is 16.0 Å². The summed E-state index contributed by atoms with van der Waals surface area (Å²) in [5.41, 5.74) is 1.97. The number of furan rings is 1. The van der Waals surface area contributed by atoms with E-state index < -0.39 is 10.0 Å². The zero-order chi connectivity index (χ0) is 17.9. The van der Waals surface area contributed by atoms with Crippen LogP contribution in [0.5, 0.6) is 0 Å². The molecule has 0 atom stereocenters. The van der Waals surface area contributed by atoms with Crippen molar-refractivity contribution in [3.63, 3.8) is 0 Å². The van der Waals surface area contributed by atoms with Gasteiger partial charge in [0, 0.05) is 10.9 Å². The first-order chi connectivity index (χ1) is 12.0. The molecule has 7 heteroatoms. The zero-order valence-corrected chi connectivity index (χ0v) is 14.2. The van der Waals surface area contributed by atoms with Crippen molar-refractivity contribution in [3.05, 3.63) is 65.4 Å². The molecule has 1 aromatic heterocycles. The normalized spacial score (nSPS) is 11.7. The fraction of sp³-hybridized carbons (Fsp3) is 0.111. The van der Waals surface area contributed by atoms with E-state index >= 15 is 0 Å². The van der Waals surface area contributed by atoms with Crippen molar-refractivity contribution < 1.29 is 12.8 Å². The van der Waals surface area contributed by atoms with Crippen LogP contribution in [0.2, 0.25) is 0 Å². The smallest absolute Gasteiger partial charge is 0.276 e. The van der Waals surface area contributed by atoms with Crippen LogP contribution in [-0.4, -0.2) is 14.6 Å². The van der Waals surface area contributed by atoms with Crippen LogP contribution in [0.3, 0.4) is 0 Å². The highest BCUT2D eigenvalue weighted by Crippen LogP contribution is 2.26. The van der Waals surface area contributed by atoms with E-state index in [0.29, 0.717) is 23.3 Å². The Morgan fingerprint density at radius 1 is 1.24 bits per heavy atom. The Morgan fingerprint density at radius 2 is 2.00 bits per heavy atom. The number of hydrogen-bond donors (Lipinski definition) is 1. The first kappa shape index (κ1) is 16.7. The first-order valence-corrected chi connectivity index (χ1v) is 9.09. The second-order valence-electron chi connectivity index (χ2n) is 5.29. The van der Waals surface area contributed by atoms with Crippen molar-refractivity contribution in [2.24, 2.45) is 5.10 Å². The van der Waals surface area contributed by atoms with Crippen LogP contribution in [0.4, 0.5) is 0 Å². The Balaban J connectivity index is 1.90. The molecular weight excluding hydrogens is 338 g/mol. The van der Waals surface area contributed by atoms with E-state index in [1.54, 1.807) is 30.3 Å². The van der Waals surface area contributed by atoms with E-state index in [-0.39, 0.29) is 4.90 Å². The fourth-order valence-electron chi connectivity index (χ4n) is 2.51. The molecule has 0 aliphatic carbocycles. The molecule has 0 saturated carbocycles. The van der Waals surface area contributed by atoms with Gasteiger partial charge in [0.25, 0.3) is 10.0 Å². The maximum atomic E-state index is 12.1. The minimum Gasteiger partial charge on any atom is -0.455 e. The molecule has 0 radical (unpaired) electrons. The maximum absolute atomic E-state index is 12.1. The van der Waals surface area contributed by atoms with Gasteiger partial charge in [0.1, 0.15) is 5.58 Å². The Kier molecular flexibility index (Phi) is 4.55. The van der Waals surface area contributed by atoms with Gasteiger partial charge in [-0.05, 0) is 36.8 Å². The van der Waals surface area contributed by atoms with Gasteiger partial charge in [-0.25, -0.2) is 0 Å². The lowest BCUT2D eigenvalue weighted by Gasteiger charge is -2.02. The molecule has 0 aliphatic heterocycles. The van der Waals surface area contributed by atoms with Gasteiger partial charge in [0.05, 0.1) is 22.7 Å². The van der Waals surface area contributed by atoms with E-state index in [9.17, 15) is 8.42 Å². The molecule has 0 saturated heterocycles. The summed E-state index contributed by atoms with van der Waals surface area (Å²) >= 11 is 0. The summed E-state index contributed by atoms with van der Waals surface area (Å²) in [5.74, 6) is 0.461. The number of nitriles is 1. The van der Waals surface area contributed by atoms with E-state index in [0.717, 1.165) is 10.9 Å². The Labute approximate surface area is 145 Å². The summed E-state index contributed by atoms with van der Waals surface area (Å²) in [6.45, 7) is 1.97. The number of rotatable bonds is 5. The van der Waals surface area contributed by atoms with E-state index in [1.807, 2.05) is 13.0 Å². The zero-order valence-electron chi connectivity index (χ0n) is 13.4. The molecule has 0 amide bonds. The highest BCUT2D eigenvalue weighted by atomic mass is 32.2. The molecule has 1 N–H and O–H groups in total. The van der Waals surface area contributed by atoms with Crippen molar-refractivity contribution in [3.8, 4) is 6.07 Å². The monoisotopic (exact) mass is 353 g/mol. The second kappa shape index (κ2) is 6.79. The topological polar surface area (TPSA) is 95.5 Å². The van der Waals surface area contributed by atoms with Gasteiger partial charge in [-0.1, -0.05) is 25.1 Å². The van der Waals surface area contributed by atoms with Crippen LogP contribution in [0.15, 0.2) is 62.9 Å². The maximum Gasteiger partial charge on any atom is 0.276 e. The Morgan fingerprint density at radius 3 is 2.68 bits per heavy atom. The predicted octanol–water partition coefficient (Wildman–Crippen LogP) is 3.18. The summed E-state index contributed by atoms with van der Waals surface area (Å²) < 4.78 is 30.0. The second-order valence-corrected chi connectivity index (χ2v) is 6.95. The van der Waals surface area contributed by atoms with Gasteiger partial charge in [0.2, 0.25) is 0 Å². The van der Waals surface area contributed by atoms with Crippen molar-refractivity contribution in [1.29, 1.82) is 5.26 Å². The lowest BCUT2D eigenvalue weighted by Crippen LogP contribution is -2.18. The number of aryl methyl sites for hydroxylation is 1. The summed E-state index contributed by atoms with van der Waals surface area (Å²) in [6.07, 6.45) is 2.02. The molecule has 25 heavy (non-hydrogen) atoms. The predicted molar refractivity (Wildman–Crippen MR) is 94.7 cm³/mol. The Bertz CT molecular complexity index is 1080. The largest absolute Gasteiger partial charge is 0.455 e. The quantitative estimate of drug-likeness (QED) is 0.563. The van der Waals surface area contributed by atoms with Crippen LogP contribution in [0.1, 0.15) is 23.8 Å². The molecule has 0 spiro atoms. The molecule has 0 fully saturated rings. The van der Waals surface area contributed by atoms with Gasteiger partial charge in [0.15, 0.2) is 5.76 Å². The number of hydrogen-bond acceptors (Lipinski definition) is 5. The van der Waals surface area contributed by atoms with Crippen molar-refractivity contribution in [1.82, 2.24) is 4.83 Å². The molecule has 0 bridgehead atoms. The fourth-order valence-corrected chi connectivity index (χ4v) is 3.33. The minimum absolute atomic E-state index is 0.131. The number of sulfonamides is 1. The van der Waals surface area contributed by atoms with Gasteiger partial charge < -0.3 is 4.42 Å². The number of fused-ring (bicyclic) bond motifs is 1. The third-order valence-corrected chi connectivity index (χ3v) is 4.95. The molecular formula is C18H15N3O3S. The SMILES string of the molecule is CCc1c(/C=N/NS(=O)(=O)c2ccccc2)oc2cc(C#N)ccc12. The first-order valence-electron chi connectivity index (χ1n) is 7.60. The Hall–Kier alpha value is -3.11. The van der Waals surface area contributed by atoms with Gasteiger partial charge >= 0.3 is 0 Å². The molecule has 6 nitrogen and oxygen atoms in total. The van der Waals surface area contributed by atoms with Crippen LogP contribution in [-0.2, 0) is 16.4 Å².